The number of aromatic nitrogens is 6. The molecule has 0 amide bonds. The molecule has 7 heteroatoms. The summed E-state index contributed by atoms with van der Waals surface area (Å²) in [5.74, 6) is 0.714. The lowest BCUT2D eigenvalue weighted by Gasteiger charge is -2.04. The third-order valence-electron chi connectivity index (χ3n) is 2.60. The molecule has 17 heavy (non-hydrogen) atoms. The van der Waals surface area contributed by atoms with Gasteiger partial charge in [0.2, 0.25) is 5.65 Å². The highest BCUT2D eigenvalue weighted by atomic mass is 15.2. The van der Waals surface area contributed by atoms with Gasteiger partial charge in [-0.3, -0.25) is 9.50 Å². The van der Waals surface area contributed by atoms with Crippen molar-refractivity contribution in [1.29, 1.82) is 0 Å². The Morgan fingerprint density at radius 2 is 2.41 bits per heavy atom. The highest BCUT2D eigenvalue weighted by Crippen LogP contribution is 2.12. The van der Waals surface area contributed by atoms with E-state index in [1.807, 2.05) is 17.5 Å². The van der Waals surface area contributed by atoms with Gasteiger partial charge < -0.3 is 5.32 Å². The first-order valence-electron chi connectivity index (χ1n) is 5.21. The number of nitrogens with zero attached hydrogens (tertiary/aromatic N) is 5. The summed E-state index contributed by atoms with van der Waals surface area (Å²) in [6, 6.07) is 0. The van der Waals surface area contributed by atoms with Crippen molar-refractivity contribution in [1.82, 2.24) is 29.8 Å². The summed E-state index contributed by atoms with van der Waals surface area (Å²) in [5, 5.41) is 17.9. The second kappa shape index (κ2) is 3.85. The Morgan fingerprint density at radius 3 is 3.24 bits per heavy atom. The minimum atomic E-state index is 0.655. The quantitative estimate of drug-likeness (QED) is 0.693. The molecule has 3 aromatic rings. The first-order chi connectivity index (χ1) is 8.34. The van der Waals surface area contributed by atoms with Crippen molar-refractivity contribution in [3.8, 4) is 0 Å². The average Bonchev–Trinajstić information content (AvgIpc) is 2.95. The van der Waals surface area contributed by atoms with E-state index in [4.69, 9.17) is 0 Å². The van der Waals surface area contributed by atoms with Gasteiger partial charge in [0, 0.05) is 30.2 Å². The van der Waals surface area contributed by atoms with Crippen LogP contribution in [0.15, 0.2) is 24.9 Å². The summed E-state index contributed by atoms with van der Waals surface area (Å²) in [6.07, 6.45) is 6.96. The third kappa shape index (κ3) is 1.71. The van der Waals surface area contributed by atoms with Gasteiger partial charge in [0.15, 0.2) is 5.82 Å². The highest BCUT2D eigenvalue weighted by molar-refractivity contribution is 5.61. The van der Waals surface area contributed by atoms with Crippen LogP contribution in [0.2, 0.25) is 0 Å². The Balaban J connectivity index is 1.86. The second-order valence-corrected chi connectivity index (χ2v) is 3.71. The van der Waals surface area contributed by atoms with Gasteiger partial charge in [0.1, 0.15) is 6.33 Å². The summed E-state index contributed by atoms with van der Waals surface area (Å²) < 4.78 is 1.82. The molecular formula is C10H11N7. The SMILES string of the molecule is Cc1[nH]ncc1CNc1nccn2cnnc12. The highest BCUT2D eigenvalue weighted by Gasteiger charge is 2.05. The standard InChI is InChI=1S/C10H11N7/c1-7-8(5-13-15-7)4-12-9-10-16-14-6-17(10)3-2-11-9/h2-3,5-6H,4H2,1H3,(H,11,12)(H,13,15). The number of hydrogen-bond donors (Lipinski definition) is 2. The summed E-state index contributed by atoms with van der Waals surface area (Å²) in [5.41, 5.74) is 2.87. The molecule has 3 heterocycles. The molecule has 0 aliphatic heterocycles. The molecular weight excluding hydrogens is 218 g/mol. The van der Waals surface area contributed by atoms with Crippen LogP contribution in [-0.4, -0.2) is 29.8 Å². The van der Waals surface area contributed by atoms with E-state index in [0.29, 0.717) is 18.0 Å². The Labute approximate surface area is 96.9 Å². The molecule has 0 aliphatic rings. The van der Waals surface area contributed by atoms with Crippen LogP contribution in [0.1, 0.15) is 11.3 Å². The second-order valence-electron chi connectivity index (χ2n) is 3.71. The Morgan fingerprint density at radius 1 is 1.47 bits per heavy atom. The van der Waals surface area contributed by atoms with Crippen LogP contribution in [0.25, 0.3) is 5.65 Å². The minimum absolute atomic E-state index is 0.655. The molecule has 86 valence electrons. The molecule has 0 saturated heterocycles. The van der Waals surface area contributed by atoms with E-state index in [2.05, 4.69) is 30.7 Å². The average molecular weight is 229 g/mol. The van der Waals surface area contributed by atoms with Gasteiger partial charge in [-0.2, -0.15) is 5.10 Å². The summed E-state index contributed by atoms with van der Waals surface area (Å²) >= 11 is 0. The van der Waals surface area contributed by atoms with E-state index in [9.17, 15) is 0 Å². The number of anilines is 1. The predicted octanol–water partition coefficient (Wildman–Crippen LogP) is 0.768. The topological polar surface area (TPSA) is 83.8 Å². The van der Waals surface area contributed by atoms with Crippen molar-refractivity contribution in [2.45, 2.75) is 13.5 Å². The fourth-order valence-corrected chi connectivity index (χ4v) is 1.62. The van der Waals surface area contributed by atoms with Crippen LogP contribution in [0.5, 0.6) is 0 Å². The molecule has 3 aromatic heterocycles. The van der Waals surface area contributed by atoms with E-state index >= 15 is 0 Å². The lowest BCUT2D eigenvalue weighted by molar-refractivity contribution is 1.03. The maximum Gasteiger partial charge on any atom is 0.203 e. The zero-order valence-corrected chi connectivity index (χ0v) is 9.25. The van der Waals surface area contributed by atoms with E-state index in [1.54, 1.807) is 18.7 Å². The fraction of sp³-hybridized carbons (Fsp3) is 0.200. The molecule has 0 aliphatic carbocycles. The van der Waals surface area contributed by atoms with Crippen LogP contribution in [0, 0.1) is 6.92 Å². The Hall–Kier alpha value is -2.44. The van der Waals surface area contributed by atoms with Crippen molar-refractivity contribution in [2.75, 3.05) is 5.32 Å². The fourth-order valence-electron chi connectivity index (χ4n) is 1.62. The Bertz CT molecular complexity index is 639. The monoisotopic (exact) mass is 229 g/mol. The first kappa shape index (κ1) is 9.76. The van der Waals surface area contributed by atoms with Gasteiger partial charge in [0.05, 0.1) is 6.20 Å². The number of aryl methyl sites for hydroxylation is 1. The molecule has 0 atom stereocenters. The molecule has 0 bridgehead atoms. The van der Waals surface area contributed by atoms with Gasteiger partial charge in [-0.15, -0.1) is 10.2 Å². The van der Waals surface area contributed by atoms with Crippen molar-refractivity contribution in [3.05, 3.63) is 36.2 Å². The largest absolute Gasteiger partial charge is 0.363 e. The normalized spacial score (nSPS) is 10.9. The molecule has 7 nitrogen and oxygen atoms in total. The summed E-state index contributed by atoms with van der Waals surface area (Å²) in [6.45, 7) is 2.64. The summed E-state index contributed by atoms with van der Waals surface area (Å²) in [7, 11) is 0. The number of H-pyrrole nitrogens is 1. The molecule has 0 aromatic carbocycles. The Kier molecular flexibility index (Phi) is 2.21. The van der Waals surface area contributed by atoms with Gasteiger partial charge >= 0.3 is 0 Å². The van der Waals surface area contributed by atoms with Crippen LogP contribution >= 0.6 is 0 Å². The molecule has 2 N–H and O–H groups in total. The molecule has 3 rings (SSSR count). The van der Waals surface area contributed by atoms with Gasteiger partial charge in [-0.05, 0) is 6.92 Å². The van der Waals surface area contributed by atoms with E-state index in [1.165, 1.54) is 0 Å². The minimum Gasteiger partial charge on any atom is -0.363 e. The lowest BCUT2D eigenvalue weighted by atomic mass is 10.2. The van der Waals surface area contributed by atoms with Crippen LogP contribution < -0.4 is 5.32 Å². The zero-order valence-electron chi connectivity index (χ0n) is 9.25. The van der Waals surface area contributed by atoms with E-state index < -0.39 is 0 Å². The number of aromatic amines is 1. The van der Waals surface area contributed by atoms with Crippen molar-refractivity contribution in [2.24, 2.45) is 0 Å². The predicted molar refractivity (Wildman–Crippen MR) is 61.4 cm³/mol. The number of rotatable bonds is 3. The molecule has 0 saturated carbocycles. The van der Waals surface area contributed by atoms with Crippen molar-refractivity contribution >= 4 is 11.5 Å². The van der Waals surface area contributed by atoms with Crippen LogP contribution in [-0.2, 0) is 6.54 Å². The number of fused-ring (bicyclic) bond motifs is 1. The maximum atomic E-state index is 4.24. The van der Waals surface area contributed by atoms with Gasteiger partial charge in [-0.25, -0.2) is 4.98 Å². The van der Waals surface area contributed by atoms with Gasteiger partial charge in [0.25, 0.3) is 0 Å². The summed E-state index contributed by atoms with van der Waals surface area (Å²) in [4.78, 5) is 4.24. The van der Waals surface area contributed by atoms with Crippen LogP contribution in [0.3, 0.4) is 0 Å². The lowest BCUT2D eigenvalue weighted by Crippen LogP contribution is -2.03. The molecule has 0 radical (unpaired) electrons. The number of nitrogens with one attached hydrogen (secondary N) is 2. The van der Waals surface area contributed by atoms with Gasteiger partial charge in [-0.1, -0.05) is 0 Å². The maximum absolute atomic E-state index is 4.24. The van der Waals surface area contributed by atoms with Crippen molar-refractivity contribution < 1.29 is 0 Å². The zero-order chi connectivity index (χ0) is 11.7. The molecule has 0 spiro atoms. The molecule has 0 unspecified atom stereocenters. The molecule has 0 fully saturated rings. The smallest absolute Gasteiger partial charge is 0.203 e. The van der Waals surface area contributed by atoms with E-state index in [-0.39, 0.29) is 0 Å². The third-order valence-corrected chi connectivity index (χ3v) is 2.60. The van der Waals surface area contributed by atoms with Crippen molar-refractivity contribution in [3.63, 3.8) is 0 Å². The first-order valence-corrected chi connectivity index (χ1v) is 5.21. The van der Waals surface area contributed by atoms with Crippen LogP contribution in [0.4, 0.5) is 5.82 Å². The number of hydrogen-bond acceptors (Lipinski definition) is 5. The van der Waals surface area contributed by atoms with E-state index in [0.717, 1.165) is 11.3 Å².